The molecule has 0 atom stereocenters. The van der Waals surface area contributed by atoms with Crippen LogP contribution >= 0.6 is 0 Å². The van der Waals surface area contributed by atoms with Gasteiger partial charge in [0.1, 0.15) is 6.07 Å². The lowest BCUT2D eigenvalue weighted by Gasteiger charge is -2.37. The van der Waals surface area contributed by atoms with Crippen LogP contribution in [0.1, 0.15) is 54.0 Å². The fraction of sp³-hybridized carbons (Fsp3) is 0.316. The number of aromatic carboxylic acids is 1. The minimum atomic E-state index is -1.02. The van der Waals surface area contributed by atoms with Crippen molar-refractivity contribution >= 4 is 17.7 Å². The number of carbonyl (C=O) groups is 2. The van der Waals surface area contributed by atoms with Gasteiger partial charge in [-0.25, -0.2) is 19.6 Å². The van der Waals surface area contributed by atoms with Crippen LogP contribution in [0.2, 0.25) is 0 Å². The maximum atomic E-state index is 12.6. The predicted octanol–water partition coefficient (Wildman–Crippen LogP) is 3.03. The summed E-state index contributed by atoms with van der Waals surface area (Å²) in [6.45, 7) is 0. The van der Waals surface area contributed by atoms with Crippen LogP contribution in [-0.2, 0) is 5.54 Å². The zero-order chi connectivity index (χ0) is 19.3. The molecule has 1 aromatic heterocycles. The highest BCUT2D eigenvalue weighted by Gasteiger charge is 2.37. The number of carboxylic acids is 1. The lowest BCUT2D eigenvalue weighted by atomic mass is 9.79. The van der Waals surface area contributed by atoms with Gasteiger partial charge in [0.15, 0.2) is 0 Å². The van der Waals surface area contributed by atoms with E-state index in [1.165, 1.54) is 30.5 Å². The molecule has 2 amide bonds. The molecule has 1 fully saturated rings. The molecule has 1 aromatic carbocycles. The van der Waals surface area contributed by atoms with E-state index in [0.717, 1.165) is 32.1 Å². The monoisotopic (exact) mass is 365 g/mol. The minimum absolute atomic E-state index is 0.0731. The average molecular weight is 365 g/mol. The van der Waals surface area contributed by atoms with Crippen LogP contribution in [0.4, 0.5) is 10.5 Å². The van der Waals surface area contributed by atoms with Gasteiger partial charge in [0.05, 0.1) is 16.8 Å². The van der Waals surface area contributed by atoms with E-state index in [1.807, 2.05) is 6.07 Å². The first-order valence-electron chi connectivity index (χ1n) is 8.68. The fourth-order valence-corrected chi connectivity index (χ4v) is 3.36. The first-order chi connectivity index (χ1) is 13.0. The standard InChI is InChI=1S/C19H19N5O3/c20-12-16-21-11-8-15(23-16)19(9-2-1-3-10-19)24-18(27)22-14-6-4-13(5-7-14)17(25)26/h4-8,11H,1-3,9-10H2,(H,25,26)(H2,22,24,27). The van der Waals surface area contributed by atoms with E-state index in [9.17, 15) is 9.59 Å². The van der Waals surface area contributed by atoms with Gasteiger partial charge < -0.3 is 15.7 Å². The molecule has 3 N–H and O–H groups in total. The number of nitrogens with one attached hydrogen (secondary N) is 2. The second-order valence-electron chi connectivity index (χ2n) is 6.48. The summed E-state index contributed by atoms with van der Waals surface area (Å²) in [5, 5.41) is 23.8. The number of nitrogens with zero attached hydrogens (tertiary/aromatic N) is 3. The Kier molecular flexibility index (Phi) is 5.31. The summed E-state index contributed by atoms with van der Waals surface area (Å²) in [4.78, 5) is 31.7. The van der Waals surface area contributed by atoms with Gasteiger partial charge in [0, 0.05) is 11.9 Å². The minimum Gasteiger partial charge on any atom is -0.478 e. The van der Waals surface area contributed by atoms with Crippen LogP contribution in [0.5, 0.6) is 0 Å². The molecule has 1 aliphatic carbocycles. The molecule has 0 aliphatic heterocycles. The molecule has 0 unspecified atom stereocenters. The van der Waals surface area contributed by atoms with Crippen LogP contribution in [-0.4, -0.2) is 27.1 Å². The molecular formula is C19H19N5O3. The predicted molar refractivity (Wildman–Crippen MR) is 97.1 cm³/mol. The van der Waals surface area contributed by atoms with Gasteiger partial charge in [0.25, 0.3) is 0 Å². The molecule has 2 aromatic rings. The number of rotatable bonds is 4. The van der Waals surface area contributed by atoms with Crippen LogP contribution in [0.15, 0.2) is 36.5 Å². The van der Waals surface area contributed by atoms with E-state index in [1.54, 1.807) is 6.07 Å². The number of hydrogen-bond acceptors (Lipinski definition) is 5. The molecule has 0 radical (unpaired) electrons. The Morgan fingerprint density at radius 1 is 1.11 bits per heavy atom. The molecule has 3 rings (SSSR count). The highest BCUT2D eigenvalue weighted by Crippen LogP contribution is 2.36. The van der Waals surface area contributed by atoms with Crippen LogP contribution in [0.25, 0.3) is 0 Å². The molecule has 8 nitrogen and oxygen atoms in total. The zero-order valence-corrected chi connectivity index (χ0v) is 14.6. The fourth-order valence-electron chi connectivity index (χ4n) is 3.36. The highest BCUT2D eigenvalue weighted by molar-refractivity contribution is 5.92. The van der Waals surface area contributed by atoms with E-state index in [0.29, 0.717) is 11.4 Å². The smallest absolute Gasteiger partial charge is 0.335 e. The van der Waals surface area contributed by atoms with Crippen molar-refractivity contribution < 1.29 is 14.7 Å². The van der Waals surface area contributed by atoms with Gasteiger partial charge >= 0.3 is 12.0 Å². The number of nitriles is 1. The highest BCUT2D eigenvalue weighted by atomic mass is 16.4. The van der Waals surface area contributed by atoms with Crippen molar-refractivity contribution in [3.63, 3.8) is 0 Å². The van der Waals surface area contributed by atoms with E-state index < -0.39 is 17.5 Å². The molecule has 8 heteroatoms. The SMILES string of the molecule is N#Cc1nccc(C2(NC(=O)Nc3ccc(C(=O)O)cc3)CCCCC2)n1. The third kappa shape index (κ3) is 4.20. The lowest BCUT2D eigenvalue weighted by molar-refractivity contribution is 0.0697. The van der Waals surface area contributed by atoms with Crippen molar-refractivity contribution in [2.45, 2.75) is 37.6 Å². The molecule has 27 heavy (non-hydrogen) atoms. The summed E-state index contributed by atoms with van der Waals surface area (Å²) in [6, 6.07) is 9.19. The summed E-state index contributed by atoms with van der Waals surface area (Å²) in [6.07, 6.45) is 5.94. The second kappa shape index (κ2) is 7.83. The van der Waals surface area contributed by atoms with Gasteiger partial charge in [-0.05, 0) is 43.2 Å². The van der Waals surface area contributed by atoms with Crippen LogP contribution in [0, 0.1) is 11.3 Å². The number of urea groups is 1. The number of benzene rings is 1. The van der Waals surface area contributed by atoms with Crippen molar-refractivity contribution in [1.29, 1.82) is 5.26 Å². The van der Waals surface area contributed by atoms with Gasteiger partial charge in [-0.2, -0.15) is 5.26 Å². The van der Waals surface area contributed by atoms with Crippen molar-refractivity contribution in [1.82, 2.24) is 15.3 Å². The van der Waals surface area contributed by atoms with Gasteiger partial charge in [-0.1, -0.05) is 19.3 Å². The molecule has 0 bridgehead atoms. The number of carbonyl (C=O) groups excluding carboxylic acids is 1. The summed E-state index contributed by atoms with van der Waals surface area (Å²) >= 11 is 0. The normalized spacial score (nSPS) is 15.4. The van der Waals surface area contributed by atoms with E-state index in [-0.39, 0.29) is 11.4 Å². The van der Waals surface area contributed by atoms with Crippen molar-refractivity contribution in [2.75, 3.05) is 5.32 Å². The quantitative estimate of drug-likeness (QED) is 0.764. The number of aromatic nitrogens is 2. The Morgan fingerprint density at radius 2 is 1.81 bits per heavy atom. The summed E-state index contributed by atoms with van der Waals surface area (Å²) in [5.74, 6) is -0.951. The van der Waals surface area contributed by atoms with Crippen molar-refractivity contribution in [3.8, 4) is 6.07 Å². The molecular weight excluding hydrogens is 346 g/mol. The molecule has 1 aliphatic rings. The Bertz CT molecular complexity index is 883. The van der Waals surface area contributed by atoms with E-state index in [4.69, 9.17) is 10.4 Å². The van der Waals surface area contributed by atoms with E-state index in [2.05, 4.69) is 20.6 Å². The van der Waals surface area contributed by atoms with Gasteiger partial charge in [-0.15, -0.1) is 0 Å². The second-order valence-corrected chi connectivity index (χ2v) is 6.48. The lowest BCUT2D eigenvalue weighted by Crippen LogP contribution is -2.49. The van der Waals surface area contributed by atoms with E-state index >= 15 is 0 Å². The summed E-state index contributed by atoms with van der Waals surface area (Å²) in [5.41, 5.74) is 0.612. The van der Waals surface area contributed by atoms with Gasteiger partial charge in [0.2, 0.25) is 5.82 Å². The maximum absolute atomic E-state index is 12.6. The average Bonchev–Trinajstić information content (AvgIpc) is 2.69. The number of amides is 2. The maximum Gasteiger partial charge on any atom is 0.335 e. The first kappa shape index (κ1) is 18.3. The molecule has 0 saturated heterocycles. The first-order valence-corrected chi connectivity index (χ1v) is 8.68. The topological polar surface area (TPSA) is 128 Å². The molecule has 138 valence electrons. The number of anilines is 1. The Hall–Kier alpha value is -3.47. The Balaban J connectivity index is 1.79. The summed E-state index contributed by atoms with van der Waals surface area (Å²) < 4.78 is 0. The Morgan fingerprint density at radius 3 is 2.44 bits per heavy atom. The zero-order valence-electron chi connectivity index (χ0n) is 14.6. The summed E-state index contributed by atoms with van der Waals surface area (Å²) in [7, 11) is 0. The Labute approximate surface area is 156 Å². The van der Waals surface area contributed by atoms with Crippen molar-refractivity contribution in [3.05, 3.63) is 53.6 Å². The van der Waals surface area contributed by atoms with Crippen molar-refractivity contribution in [2.24, 2.45) is 0 Å². The number of hydrogen-bond donors (Lipinski definition) is 3. The van der Waals surface area contributed by atoms with Gasteiger partial charge in [-0.3, -0.25) is 0 Å². The third-order valence-corrected chi connectivity index (χ3v) is 4.70. The van der Waals surface area contributed by atoms with Crippen LogP contribution < -0.4 is 10.6 Å². The number of carboxylic acid groups (broad SMARTS) is 1. The third-order valence-electron chi connectivity index (χ3n) is 4.70. The molecule has 1 heterocycles. The largest absolute Gasteiger partial charge is 0.478 e. The van der Waals surface area contributed by atoms with Crippen LogP contribution in [0.3, 0.4) is 0 Å². The molecule has 1 saturated carbocycles. The molecule has 0 spiro atoms.